The lowest BCUT2D eigenvalue weighted by atomic mass is 10.1. The third-order valence-corrected chi connectivity index (χ3v) is 6.89. The van der Waals surface area contributed by atoms with Gasteiger partial charge >= 0.3 is 5.97 Å². The molecule has 1 aliphatic rings. The minimum absolute atomic E-state index is 0.00880. The van der Waals surface area contributed by atoms with Crippen LogP contribution in [0.3, 0.4) is 0 Å². The quantitative estimate of drug-likeness (QED) is 0.580. The molecule has 0 unspecified atom stereocenters. The molecule has 10 heteroatoms. The van der Waals surface area contributed by atoms with E-state index >= 15 is 0 Å². The van der Waals surface area contributed by atoms with Crippen molar-refractivity contribution >= 4 is 21.7 Å². The number of carbonyl (C=O) groups is 1. The normalized spacial score (nSPS) is 16.8. The van der Waals surface area contributed by atoms with Gasteiger partial charge in [-0.05, 0) is 44.9 Å². The second-order valence-corrected chi connectivity index (χ2v) is 8.49. The SMILES string of the molecule is Cc1cc([N+](=O)[O-])cc(S(=O)(=O)N2CCC(N(C)CC(=O)O)CC2)c1C. The molecule has 0 aliphatic carbocycles. The largest absolute Gasteiger partial charge is 0.480 e. The zero-order chi connectivity index (χ0) is 19.6. The van der Waals surface area contributed by atoms with Gasteiger partial charge in [-0.25, -0.2) is 8.42 Å². The number of nitrogens with zero attached hydrogens (tertiary/aromatic N) is 3. The first-order chi connectivity index (χ1) is 12.0. The number of hydrogen-bond donors (Lipinski definition) is 1. The van der Waals surface area contributed by atoms with Gasteiger partial charge in [0, 0.05) is 31.3 Å². The molecule has 1 heterocycles. The molecule has 0 atom stereocenters. The number of carboxylic acids is 1. The number of carboxylic acid groups (broad SMARTS) is 1. The van der Waals surface area contributed by atoms with E-state index in [2.05, 4.69) is 0 Å². The van der Waals surface area contributed by atoms with Crippen molar-refractivity contribution in [3.63, 3.8) is 0 Å². The first-order valence-corrected chi connectivity index (χ1v) is 9.66. The Morgan fingerprint density at radius 1 is 1.35 bits per heavy atom. The van der Waals surface area contributed by atoms with Gasteiger partial charge < -0.3 is 5.11 Å². The average molecular weight is 385 g/mol. The number of aryl methyl sites for hydroxylation is 1. The molecule has 0 amide bonds. The van der Waals surface area contributed by atoms with Crippen molar-refractivity contribution in [2.75, 3.05) is 26.7 Å². The number of hydrogen-bond acceptors (Lipinski definition) is 6. The predicted octanol–water partition coefficient (Wildman–Crippen LogP) is 1.38. The Labute approximate surface area is 152 Å². The van der Waals surface area contributed by atoms with Crippen LogP contribution in [0.1, 0.15) is 24.0 Å². The van der Waals surface area contributed by atoms with Crippen LogP contribution in [0.15, 0.2) is 17.0 Å². The molecule has 1 aromatic carbocycles. The van der Waals surface area contributed by atoms with E-state index in [1.807, 2.05) is 0 Å². The van der Waals surface area contributed by atoms with Crippen molar-refractivity contribution in [1.82, 2.24) is 9.21 Å². The average Bonchev–Trinajstić information content (AvgIpc) is 2.56. The monoisotopic (exact) mass is 385 g/mol. The predicted molar refractivity (Wildman–Crippen MR) is 94.6 cm³/mol. The van der Waals surface area contributed by atoms with Crippen molar-refractivity contribution < 1.29 is 23.2 Å². The fourth-order valence-corrected chi connectivity index (χ4v) is 4.97. The molecule has 1 aromatic rings. The van der Waals surface area contributed by atoms with Crippen LogP contribution in [-0.2, 0) is 14.8 Å². The van der Waals surface area contributed by atoms with Gasteiger partial charge in [0.05, 0.1) is 16.4 Å². The maximum atomic E-state index is 13.0. The minimum Gasteiger partial charge on any atom is -0.480 e. The van der Waals surface area contributed by atoms with Crippen LogP contribution in [0, 0.1) is 24.0 Å². The zero-order valence-corrected chi connectivity index (χ0v) is 15.8. The maximum Gasteiger partial charge on any atom is 0.317 e. The number of nitro benzene ring substituents is 1. The third-order valence-electron chi connectivity index (χ3n) is 4.86. The van der Waals surface area contributed by atoms with Crippen LogP contribution in [0.2, 0.25) is 0 Å². The van der Waals surface area contributed by atoms with Crippen molar-refractivity contribution in [3.8, 4) is 0 Å². The van der Waals surface area contributed by atoms with Gasteiger partial charge in [0.1, 0.15) is 0 Å². The number of benzene rings is 1. The van der Waals surface area contributed by atoms with Crippen LogP contribution in [0.4, 0.5) is 5.69 Å². The molecule has 0 saturated carbocycles. The van der Waals surface area contributed by atoms with E-state index in [0.717, 1.165) is 6.07 Å². The van der Waals surface area contributed by atoms with Crippen LogP contribution in [0.25, 0.3) is 0 Å². The lowest BCUT2D eigenvalue weighted by molar-refractivity contribution is -0.385. The number of likely N-dealkylation sites (N-methyl/N-ethyl adjacent to an activating group) is 1. The van der Waals surface area contributed by atoms with Crippen molar-refractivity contribution in [1.29, 1.82) is 0 Å². The summed E-state index contributed by atoms with van der Waals surface area (Å²) in [4.78, 5) is 22.9. The Morgan fingerprint density at radius 2 is 1.92 bits per heavy atom. The van der Waals surface area contributed by atoms with Gasteiger partial charge in [0.25, 0.3) is 5.69 Å². The van der Waals surface area contributed by atoms with Crippen molar-refractivity contribution in [2.45, 2.75) is 37.6 Å². The van der Waals surface area contributed by atoms with Crippen LogP contribution in [0.5, 0.6) is 0 Å². The molecular weight excluding hydrogens is 362 g/mol. The number of sulfonamides is 1. The smallest absolute Gasteiger partial charge is 0.317 e. The molecular formula is C16H23N3O6S. The van der Waals surface area contributed by atoms with Crippen molar-refractivity contribution in [3.05, 3.63) is 33.4 Å². The summed E-state index contributed by atoms with van der Waals surface area (Å²) in [5.74, 6) is -0.926. The highest BCUT2D eigenvalue weighted by atomic mass is 32.2. The Morgan fingerprint density at radius 3 is 2.42 bits per heavy atom. The molecule has 9 nitrogen and oxygen atoms in total. The highest BCUT2D eigenvalue weighted by Crippen LogP contribution is 2.29. The summed E-state index contributed by atoms with van der Waals surface area (Å²) < 4.78 is 27.3. The molecule has 1 N–H and O–H groups in total. The van der Waals surface area contributed by atoms with E-state index in [-0.39, 0.29) is 36.3 Å². The van der Waals surface area contributed by atoms with E-state index in [0.29, 0.717) is 24.0 Å². The summed E-state index contributed by atoms with van der Waals surface area (Å²) in [6, 6.07) is 2.47. The fourth-order valence-electron chi connectivity index (χ4n) is 3.19. The first-order valence-electron chi connectivity index (χ1n) is 8.22. The van der Waals surface area contributed by atoms with Crippen molar-refractivity contribution in [2.24, 2.45) is 0 Å². The maximum absolute atomic E-state index is 13.0. The van der Waals surface area contributed by atoms with Gasteiger partial charge in [0.15, 0.2) is 0 Å². The highest BCUT2D eigenvalue weighted by molar-refractivity contribution is 7.89. The van der Waals surface area contributed by atoms with Gasteiger partial charge in [-0.3, -0.25) is 19.8 Å². The van der Waals surface area contributed by atoms with Crippen LogP contribution in [-0.4, -0.2) is 66.3 Å². The van der Waals surface area contributed by atoms with E-state index in [1.54, 1.807) is 25.8 Å². The lowest BCUT2D eigenvalue weighted by Gasteiger charge is -2.35. The summed E-state index contributed by atoms with van der Waals surface area (Å²) in [6.07, 6.45) is 1.02. The molecule has 0 bridgehead atoms. The zero-order valence-electron chi connectivity index (χ0n) is 15.0. The number of nitro groups is 1. The van der Waals surface area contributed by atoms with Gasteiger partial charge in [-0.2, -0.15) is 4.31 Å². The minimum atomic E-state index is -3.85. The highest BCUT2D eigenvalue weighted by Gasteiger charge is 2.33. The molecule has 1 fully saturated rings. The number of aliphatic carboxylic acids is 1. The number of piperidine rings is 1. The fraction of sp³-hybridized carbons (Fsp3) is 0.562. The Balaban J connectivity index is 2.22. The van der Waals surface area contributed by atoms with E-state index < -0.39 is 20.9 Å². The standard InChI is InChI=1S/C16H23N3O6S/c1-11-8-14(19(22)23)9-15(12(11)2)26(24,25)18-6-4-13(5-7-18)17(3)10-16(20)21/h8-9,13H,4-7,10H2,1-3H3,(H,20,21). The summed E-state index contributed by atoms with van der Waals surface area (Å²) in [5.41, 5.74) is 0.803. The van der Waals surface area contributed by atoms with Gasteiger partial charge in [-0.15, -0.1) is 0 Å². The summed E-state index contributed by atoms with van der Waals surface area (Å²) in [6.45, 7) is 3.69. The summed E-state index contributed by atoms with van der Waals surface area (Å²) >= 11 is 0. The number of rotatable bonds is 6. The first kappa shape index (κ1) is 20.3. The topological polar surface area (TPSA) is 121 Å². The molecule has 1 aliphatic heterocycles. The molecule has 0 radical (unpaired) electrons. The second-order valence-electron chi connectivity index (χ2n) is 6.59. The van der Waals surface area contributed by atoms with Crippen LogP contribution < -0.4 is 0 Å². The molecule has 0 aromatic heterocycles. The Bertz CT molecular complexity index is 816. The Hall–Kier alpha value is -2.04. The summed E-state index contributed by atoms with van der Waals surface area (Å²) in [5, 5.41) is 19.9. The van der Waals surface area contributed by atoms with Gasteiger partial charge in [0.2, 0.25) is 10.0 Å². The van der Waals surface area contributed by atoms with Gasteiger partial charge in [-0.1, -0.05) is 0 Å². The molecule has 26 heavy (non-hydrogen) atoms. The third kappa shape index (κ3) is 4.19. The summed E-state index contributed by atoms with van der Waals surface area (Å²) in [7, 11) is -2.14. The second kappa shape index (κ2) is 7.68. The Kier molecular flexibility index (Phi) is 5.99. The van der Waals surface area contributed by atoms with E-state index in [4.69, 9.17) is 5.11 Å². The molecule has 0 spiro atoms. The van der Waals surface area contributed by atoms with E-state index in [1.165, 1.54) is 10.4 Å². The van der Waals surface area contributed by atoms with E-state index in [9.17, 15) is 23.3 Å². The lowest BCUT2D eigenvalue weighted by Crippen LogP contribution is -2.46. The molecule has 144 valence electrons. The number of non-ortho nitro benzene ring substituents is 1. The molecule has 1 saturated heterocycles. The molecule has 2 rings (SSSR count). The van der Waals surface area contributed by atoms with Crippen LogP contribution >= 0.6 is 0 Å².